The van der Waals surface area contributed by atoms with E-state index in [1.165, 1.54) is 6.07 Å². The monoisotopic (exact) mass is 854 g/mol. The summed E-state index contributed by atoms with van der Waals surface area (Å²) in [5.74, 6) is 0. The zero-order valence-corrected chi connectivity index (χ0v) is 34.1. The Morgan fingerprint density at radius 2 is 0.803 bits per heavy atom. The molecule has 0 N–H and O–H groups in total. The Bertz CT molecular complexity index is 4020. The van der Waals surface area contributed by atoms with Gasteiger partial charge in [0.05, 0.1) is 109 Å². The first-order chi connectivity index (χ1) is 32.1. The van der Waals surface area contributed by atoms with Crippen molar-refractivity contribution in [1.29, 1.82) is 31.6 Å². The van der Waals surface area contributed by atoms with Crippen LogP contribution in [-0.4, -0.2) is 9.13 Å². The Morgan fingerprint density at radius 1 is 0.348 bits per heavy atom. The maximum Gasteiger partial charge on any atom is 0.416 e. The predicted octanol–water partition coefficient (Wildman–Crippen LogP) is 13.1. The quantitative estimate of drug-likeness (QED) is 0.168. The summed E-state index contributed by atoms with van der Waals surface area (Å²) in [6.07, 6.45) is -4.78. The van der Waals surface area contributed by atoms with Crippen molar-refractivity contribution in [3.05, 3.63) is 191 Å². The molecule has 0 saturated carbocycles. The van der Waals surface area contributed by atoms with Gasteiger partial charge in [-0.1, -0.05) is 60.7 Å². The molecule has 0 radical (unpaired) electrons. The van der Waals surface area contributed by atoms with E-state index in [2.05, 4.69) is 30.3 Å². The highest BCUT2D eigenvalue weighted by atomic mass is 19.4. The molecule has 0 fully saturated rings. The zero-order valence-electron chi connectivity index (χ0n) is 34.1. The maximum atomic E-state index is 14.4. The van der Waals surface area contributed by atoms with E-state index in [0.29, 0.717) is 50.3 Å². The molecule has 0 amide bonds. The first-order valence-corrected chi connectivity index (χ1v) is 20.2. The molecule has 2 aromatic heterocycles. The second kappa shape index (κ2) is 15.5. The van der Waals surface area contributed by atoms with E-state index in [0.717, 1.165) is 61.4 Å². The summed E-state index contributed by atoms with van der Waals surface area (Å²) in [7, 11) is 0. The van der Waals surface area contributed by atoms with Gasteiger partial charge in [0, 0.05) is 27.1 Å². The molecule has 2 heterocycles. The van der Waals surface area contributed by atoms with Crippen LogP contribution in [0.15, 0.2) is 152 Å². The van der Waals surface area contributed by atoms with Gasteiger partial charge < -0.3 is 9.13 Å². The van der Waals surface area contributed by atoms with Crippen molar-refractivity contribution in [2.45, 2.75) is 6.18 Å². The van der Waals surface area contributed by atoms with E-state index in [9.17, 15) is 44.7 Å². The lowest BCUT2D eigenvalue weighted by molar-refractivity contribution is -0.137. The van der Waals surface area contributed by atoms with Crippen LogP contribution in [0.2, 0.25) is 0 Å². The molecule has 0 saturated heterocycles. The Kier molecular flexibility index (Phi) is 9.41. The summed E-state index contributed by atoms with van der Waals surface area (Å²) >= 11 is 0. The van der Waals surface area contributed by atoms with Crippen molar-refractivity contribution < 1.29 is 13.2 Å². The van der Waals surface area contributed by atoms with E-state index in [1.807, 2.05) is 100 Å². The number of nitrogens with zero attached hydrogens (tertiary/aromatic N) is 8. The molecule has 10 aromatic rings. The molecule has 66 heavy (non-hydrogen) atoms. The van der Waals surface area contributed by atoms with Gasteiger partial charge in [0.25, 0.3) is 0 Å². The highest BCUT2D eigenvalue weighted by Crippen LogP contribution is 2.44. The van der Waals surface area contributed by atoms with Crippen LogP contribution in [0.1, 0.15) is 38.9 Å². The van der Waals surface area contributed by atoms with Crippen molar-refractivity contribution in [2.75, 3.05) is 0 Å². The topological polar surface area (TPSA) is 153 Å². The van der Waals surface area contributed by atoms with Crippen molar-refractivity contribution in [1.82, 2.24) is 9.13 Å². The Morgan fingerprint density at radius 3 is 1.27 bits per heavy atom. The van der Waals surface area contributed by atoms with Crippen LogP contribution in [0.5, 0.6) is 0 Å². The molecule has 0 atom stereocenters. The molecule has 0 aliphatic carbocycles. The molecular weight excluding hydrogens is 830 g/mol. The number of fused-ring (bicyclic) bond motifs is 6. The lowest BCUT2D eigenvalue weighted by Gasteiger charge is -2.20. The number of alkyl halides is 3. The molecule has 8 nitrogen and oxygen atoms in total. The standard InChI is InChI=1S/C55H25F3N8/c56-55(57,58)41-20-34(28-61)19-37(21-41)46-25-54(66-50-8-4-2-6-45(50)48-23-36(12-16-52(48)66)43-14-10-33(27-60)18-39(43)30-63)53(24-40(46)31-64)65-49-7-3-1-5-44(49)47-22-35(11-15-51(47)65)42-13-9-32(26-59)17-38(42)29-62/h1-25H. The third kappa shape index (κ3) is 6.42. The minimum Gasteiger partial charge on any atom is -0.307 e. The van der Waals surface area contributed by atoms with Crippen LogP contribution in [-0.2, 0) is 6.18 Å². The number of hydrogen-bond acceptors (Lipinski definition) is 6. The minimum atomic E-state index is -4.78. The molecule has 0 bridgehead atoms. The van der Waals surface area contributed by atoms with Gasteiger partial charge in [-0.25, -0.2) is 0 Å². The van der Waals surface area contributed by atoms with E-state index in [-0.39, 0.29) is 22.3 Å². The van der Waals surface area contributed by atoms with Crippen molar-refractivity contribution in [2.24, 2.45) is 0 Å². The van der Waals surface area contributed by atoms with Gasteiger partial charge in [-0.15, -0.1) is 0 Å². The van der Waals surface area contributed by atoms with Crippen molar-refractivity contribution in [3.8, 4) is 81.2 Å². The Hall–Kier alpha value is -9.91. The molecule has 10 rings (SSSR count). The van der Waals surface area contributed by atoms with Gasteiger partial charge in [-0.3, -0.25) is 0 Å². The van der Waals surface area contributed by atoms with Crippen molar-refractivity contribution in [3.63, 3.8) is 0 Å². The van der Waals surface area contributed by atoms with Gasteiger partial charge in [-0.05, 0) is 119 Å². The number of para-hydroxylation sites is 2. The normalized spacial score (nSPS) is 11.2. The van der Waals surface area contributed by atoms with Crippen LogP contribution < -0.4 is 0 Å². The fraction of sp³-hybridized carbons (Fsp3) is 0.0182. The summed E-state index contributed by atoms with van der Waals surface area (Å²) in [6, 6.07) is 55.9. The number of benzene rings is 8. The van der Waals surface area contributed by atoms with Crippen LogP contribution in [0.25, 0.3) is 88.4 Å². The fourth-order valence-electron chi connectivity index (χ4n) is 8.99. The number of nitriles is 6. The molecule has 306 valence electrons. The largest absolute Gasteiger partial charge is 0.416 e. The highest BCUT2D eigenvalue weighted by Gasteiger charge is 2.32. The van der Waals surface area contributed by atoms with E-state index in [1.54, 1.807) is 48.5 Å². The molecule has 8 aromatic carbocycles. The van der Waals surface area contributed by atoms with Gasteiger partial charge in [0.15, 0.2) is 0 Å². The molecule has 0 unspecified atom stereocenters. The van der Waals surface area contributed by atoms with E-state index in [4.69, 9.17) is 0 Å². The van der Waals surface area contributed by atoms with Crippen LogP contribution in [0, 0.1) is 68.0 Å². The SMILES string of the molecule is N#Cc1cc(-c2cc(-n3c4ccccc4c4cc(-c5ccc(C#N)cc5C#N)ccc43)c(-n3c4ccccc4c4cc(-c5ccc(C#N)cc5C#N)ccc43)cc2C#N)cc(C(F)(F)F)c1. The second-order valence-electron chi connectivity index (χ2n) is 15.5. The lowest BCUT2D eigenvalue weighted by Crippen LogP contribution is -2.07. The molecular formula is C55H25F3N8. The number of rotatable bonds is 5. The fourth-order valence-corrected chi connectivity index (χ4v) is 8.99. The average Bonchev–Trinajstić information content (AvgIpc) is 3.86. The Balaban J connectivity index is 1.31. The predicted molar refractivity (Wildman–Crippen MR) is 245 cm³/mol. The van der Waals surface area contributed by atoms with Gasteiger partial charge in [0.2, 0.25) is 0 Å². The van der Waals surface area contributed by atoms with Crippen LogP contribution in [0.3, 0.4) is 0 Å². The summed E-state index contributed by atoms with van der Waals surface area (Å²) in [4.78, 5) is 0. The number of aromatic nitrogens is 2. The smallest absolute Gasteiger partial charge is 0.307 e. The minimum absolute atomic E-state index is 0.0289. The number of halogens is 3. The van der Waals surface area contributed by atoms with Gasteiger partial charge in [0.1, 0.15) is 0 Å². The summed E-state index contributed by atoms with van der Waals surface area (Å²) in [5, 5.41) is 63.3. The van der Waals surface area contributed by atoms with E-state index < -0.39 is 11.7 Å². The van der Waals surface area contributed by atoms with Crippen LogP contribution in [0.4, 0.5) is 13.2 Å². The summed E-state index contributed by atoms with van der Waals surface area (Å²) in [5.41, 5.74) is 7.02. The van der Waals surface area contributed by atoms with Crippen molar-refractivity contribution >= 4 is 43.6 Å². The first kappa shape index (κ1) is 40.2. The molecule has 0 aliphatic heterocycles. The second-order valence-corrected chi connectivity index (χ2v) is 15.5. The molecule has 0 spiro atoms. The van der Waals surface area contributed by atoms with Crippen LogP contribution >= 0.6 is 0 Å². The number of hydrogen-bond donors (Lipinski definition) is 0. The average molecular weight is 855 g/mol. The van der Waals surface area contributed by atoms with E-state index >= 15 is 0 Å². The third-order valence-electron chi connectivity index (χ3n) is 11.9. The van der Waals surface area contributed by atoms with Gasteiger partial charge in [-0.2, -0.15) is 44.7 Å². The molecule has 0 aliphatic rings. The molecule has 11 heteroatoms. The Labute approximate surface area is 374 Å². The highest BCUT2D eigenvalue weighted by molar-refractivity contribution is 6.13. The summed E-state index contributed by atoms with van der Waals surface area (Å²) in [6.45, 7) is 0. The van der Waals surface area contributed by atoms with Gasteiger partial charge >= 0.3 is 6.18 Å². The maximum absolute atomic E-state index is 14.4. The summed E-state index contributed by atoms with van der Waals surface area (Å²) < 4.78 is 47.2. The lowest BCUT2D eigenvalue weighted by atomic mass is 9.94. The first-order valence-electron chi connectivity index (χ1n) is 20.2. The third-order valence-corrected chi connectivity index (χ3v) is 11.9. The zero-order chi connectivity index (χ0) is 45.9.